The quantitative estimate of drug-likeness (QED) is 0.846. The Morgan fingerprint density at radius 1 is 1.21 bits per heavy atom. The fraction of sp³-hybridized carbons (Fsp3) is 0.647. The molecule has 1 aliphatic rings. The zero-order valence-corrected chi connectivity index (χ0v) is 12.3. The fourth-order valence-electron chi connectivity index (χ4n) is 2.88. The summed E-state index contributed by atoms with van der Waals surface area (Å²) in [5.74, 6) is 1.47. The summed E-state index contributed by atoms with van der Waals surface area (Å²) >= 11 is 0. The first-order valence-electron chi connectivity index (χ1n) is 7.64. The van der Waals surface area contributed by atoms with Crippen LogP contribution in [0.3, 0.4) is 0 Å². The van der Waals surface area contributed by atoms with Crippen molar-refractivity contribution in [3.63, 3.8) is 0 Å². The van der Waals surface area contributed by atoms with Crippen LogP contribution in [0.25, 0.3) is 0 Å². The van der Waals surface area contributed by atoms with Gasteiger partial charge in [-0.05, 0) is 50.1 Å². The van der Waals surface area contributed by atoms with Gasteiger partial charge in [0, 0.05) is 19.8 Å². The molecule has 0 aliphatic carbocycles. The molecular weight excluding hydrogens is 234 g/mol. The molecule has 1 saturated heterocycles. The number of ether oxygens (including phenoxy) is 1. The van der Waals surface area contributed by atoms with Gasteiger partial charge in [0.05, 0.1) is 0 Å². The Morgan fingerprint density at radius 2 is 1.89 bits per heavy atom. The molecule has 0 spiro atoms. The van der Waals surface area contributed by atoms with E-state index in [0.717, 1.165) is 32.2 Å². The summed E-state index contributed by atoms with van der Waals surface area (Å²) in [6, 6.07) is 9.07. The van der Waals surface area contributed by atoms with Gasteiger partial charge in [0.15, 0.2) is 0 Å². The van der Waals surface area contributed by atoms with Crippen LogP contribution in [0.5, 0.6) is 0 Å². The van der Waals surface area contributed by atoms with Crippen molar-refractivity contribution in [3.8, 4) is 0 Å². The lowest BCUT2D eigenvalue weighted by Crippen LogP contribution is -2.25. The van der Waals surface area contributed by atoms with Gasteiger partial charge >= 0.3 is 0 Å². The number of nitrogens with one attached hydrogen (secondary N) is 1. The highest BCUT2D eigenvalue weighted by Crippen LogP contribution is 2.29. The molecule has 1 atom stereocenters. The Kier molecular flexibility index (Phi) is 5.87. The van der Waals surface area contributed by atoms with E-state index in [9.17, 15) is 0 Å². The van der Waals surface area contributed by atoms with Crippen LogP contribution in [0.15, 0.2) is 24.3 Å². The maximum absolute atomic E-state index is 5.47. The highest BCUT2D eigenvalue weighted by molar-refractivity contribution is 5.25. The summed E-state index contributed by atoms with van der Waals surface area (Å²) in [5, 5.41) is 3.52. The number of likely N-dealkylation sites (N-methyl/N-ethyl adjacent to an activating group) is 1. The summed E-state index contributed by atoms with van der Waals surface area (Å²) in [4.78, 5) is 0. The van der Waals surface area contributed by atoms with Crippen molar-refractivity contribution in [1.29, 1.82) is 0 Å². The number of hydrogen-bond acceptors (Lipinski definition) is 2. The van der Waals surface area contributed by atoms with Crippen molar-refractivity contribution >= 4 is 0 Å². The molecule has 1 heterocycles. The van der Waals surface area contributed by atoms with Crippen molar-refractivity contribution < 1.29 is 4.74 Å². The third-order valence-electron chi connectivity index (χ3n) is 4.15. The molecule has 1 aromatic carbocycles. The Hall–Kier alpha value is -0.860. The molecule has 1 fully saturated rings. The van der Waals surface area contributed by atoms with Gasteiger partial charge < -0.3 is 10.1 Å². The van der Waals surface area contributed by atoms with Crippen LogP contribution in [0.1, 0.15) is 43.2 Å². The van der Waals surface area contributed by atoms with E-state index in [1.54, 1.807) is 0 Å². The maximum atomic E-state index is 5.47. The zero-order chi connectivity index (χ0) is 13.5. The van der Waals surface area contributed by atoms with E-state index in [4.69, 9.17) is 4.74 Å². The zero-order valence-electron chi connectivity index (χ0n) is 12.3. The molecule has 0 bridgehead atoms. The van der Waals surface area contributed by atoms with Crippen LogP contribution in [0.4, 0.5) is 0 Å². The van der Waals surface area contributed by atoms with E-state index in [1.807, 2.05) is 0 Å². The molecule has 2 heteroatoms. The number of rotatable bonds is 6. The van der Waals surface area contributed by atoms with Gasteiger partial charge in [0.2, 0.25) is 0 Å². The molecule has 1 N–H and O–H groups in total. The second-order valence-corrected chi connectivity index (χ2v) is 5.71. The summed E-state index contributed by atoms with van der Waals surface area (Å²) in [5.41, 5.74) is 2.83. The molecule has 0 saturated carbocycles. The predicted octanol–water partition coefficient (Wildman–Crippen LogP) is 3.50. The first-order chi connectivity index (χ1) is 9.29. The van der Waals surface area contributed by atoms with Crippen LogP contribution in [-0.4, -0.2) is 26.3 Å². The third kappa shape index (κ3) is 4.63. The molecule has 1 unspecified atom stereocenters. The van der Waals surface area contributed by atoms with Crippen molar-refractivity contribution in [2.24, 2.45) is 5.92 Å². The number of hydrogen-bond donors (Lipinski definition) is 1. The van der Waals surface area contributed by atoms with Gasteiger partial charge in [-0.2, -0.15) is 0 Å². The fourth-order valence-corrected chi connectivity index (χ4v) is 2.88. The van der Waals surface area contributed by atoms with Crippen molar-refractivity contribution in [2.75, 3.05) is 26.3 Å². The Labute approximate surface area is 117 Å². The molecule has 2 nitrogen and oxygen atoms in total. The summed E-state index contributed by atoms with van der Waals surface area (Å²) in [6.07, 6.45) is 3.75. The summed E-state index contributed by atoms with van der Waals surface area (Å²) in [6.45, 7) is 8.38. The smallest absolute Gasteiger partial charge is 0.0468 e. The monoisotopic (exact) mass is 261 g/mol. The van der Waals surface area contributed by atoms with E-state index in [0.29, 0.717) is 5.92 Å². The molecule has 1 aliphatic heterocycles. The van der Waals surface area contributed by atoms with Crippen LogP contribution in [-0.2, 0) is 4.74 Å². The molecule has 0 aromatic heterocycles. The highest BCUT2D eigenvalue weighted by atomic mass is 16.5. The largest absolute Gasteiger partial charge is 0.381 e. The first-order valence-corrected chi connectivity index (χ1v) is 7.64. The Morgan fingerprint density at radius 3 is 2.53 bits per heavy atom. The lowest BCUT2D eigenvalue weighted by Gasteiger charge is -2.27. The predicted molar refractivity (Wildman–Crippen MR) is 80.6 cm³/mol. The lowest BCUT2D eigenvalue weighted by atomic mass is 9.85. The minimum Gasteiger partial charge on any atom is -0.381 e. The second-order valence-electron chi connectivity index (χ2n) is 5.71. The summed E-state index contributed by atoms with van der Waals surface area (Å²) < 4.78 is 5.47. The first kappa shape index (κ1) is 14.5. The molecular formula is C17H27NO. The normalized spacial score (nSPS) is 18.4. The van der Waals surface area contributed by atoms with Gasteiger partial charge in [-0.3, -0.25) is 0 Å². The van der Waals surface area contributed by atoms with E-state index in [1.165, 1.54) is 30.4 Å². The minimum absolute atomic E-state index is 0.642. The maximum Gasteiger partial charge on any atom is 0.0468 e. The topological polar surface area (TPSA) is 21.3 Å². The van der Waals surface area contributed by atoms with Crippen LogP contribution >= 0.6 is 0 Å². The molecule has 1 aromatic rings. The lowest BCUT2D eigenvalue weighted by molar-refractivity contribution is 0.0616. The molecule has 0 amide bonds. The molecule has 0 radical (unpaired) electrons. The number of benzene rings is 1. The van der Waals surface area contributed by atoms with Gasteiger partial charge in [0.25, 0.3) is 0 Å². The average Bonchev–Trinajstić information content (AvgIpc) is 2.45. The Balaban J connectivity index is 1.99. The highest BCUT2D eigenvalue weighted by Gasteiger charge is 2.20. The van der Waals surface area contributed by atoms with E-state index >= 15 is 0 Å². The van der Waals surface area contributed by atoms with Crippen molar-refractivity contribution in [3.05, 3.63) is 35.4 Å². The van der Waals surface area contributed by atoms with Gasteiger partial charge in [-0.1, -0.05) is 36.8 Å². The van der Waals surface area contributed by atoms with Crippen molar-refractivity contribution in [2.45, 2.75) is 39.0 Å². The van der Waals surface area contributed by atoms with E-state index < -0.39 is 0 Å². The summed E-state index contributed by atoms with van der Waals surface area (Å²) in [7, 11) is 0. The number of aryl methyl sites for hydroxylation is 1. The van der Waals surface area contributed by atoms with E-state index in [2.05, 4.69) is 43.4 Å². The average molecular weight is 261 g/mol. The van der Waals surface area contributed by atoms with Crippen LogP contribution in [0.2, 0.25) is 0 Å². The molecule has 19 heavy (non-hydrogen) atoms. The van der Waals surface area contributed by atoms with Crippen LogP contribution < -0.4 is 5.32 Å². The third-order valence-corrected chi connectivity index (χ3v) is 4.15. The van der Waals surface area contributed by atoms with Crippen molar-refractivity contribution in [1.82, 2.24) is 5.32 Å². The molecule has 2 rings (SSSR count). The van der Waals surface area contributed by atoms with Gasteiger partial charge in [-0.15, -0.1) is 0 Å². The SMILES string of the molecule is CCNCC(CC1CCOCC1)c1ccc(C)cc1. The van der Waals surface area contributed by atoms with Gasteiger partial charge in [0.1, 0.15) is 0 Å². The Bertz CT molecular complexity index is 354. The molecule has 106 valence electrons. The minimum atomic E-state index is 0.642. The second kappa shape index (κ2) is 7.66. The van der Waals surface area contributed by atoms with Gasteiger partial charge in [-0.25, -0.2) is 0 Å². The van der Waals surface area contributed by atoms with Crippen LogP contribution in [0, 0.1) is 12.8 Å². The van der Waals surface area contributed by atoms with E-state index in [-0.39, 0.29) is 0 Å². The standard InChI is InChI=1S/C17H27NO/c1-3-18-13-17(12-15-8-10-19-11-9-15)16-6-4-14(2)5-7-16/h4-7,15,17-18H,3,8-13H2,1-2H3.